The highest BCUT2D eigenvalue weighted by molar-refractivity contribution is 5.69. The van der Waals surface area contributed by atoms with E-state index >= 15 is 0 Å². The Morgan fingerprint density at radius 1 is 1.60 bits per heavy atom. The van der Waals surface area contributed by atoms with Crippen molar-refractivity contribution >= 4 is 5.97 Å². The van der Waals surface area contributed by atoms with Gasteiger partial charge >= 0.3 is 5.97 Å². The predicted octanol–water partition coefficient (Wildman–Crippen LogP) is 0.895. The van der Waals surface area contributed by atoms with E-state index in [1.165, 1.54) is 0 Å². The molecule has 0 bridgehead atoms. The molecule has 0 aliphatic carbocycles. The van der Waals surface area contributed by atoms with Crippen LogP contribution in [-0.4, -0.2) is 18.7 Å². The van der Waals surface area contributed by atoms with Gasteiger partial charge in [-0.2, -0.15) is 0 Å². The minimum Gasteiger partial charge on any atom is -0.445 e. The molecule has 0 unspecified atom stereocenters. The number of carbonyl (C=O) groups excluding carboxylic acids is 1. The summed E-state index contributed by atoms with van der Waals surface area (Å²) < 4.78 is 4.99. The van der Waals surface area contributed by atoms with Gasteiger partial charge in [0.2, 0.25) is 0 Å². The Morgan fingerprint density at radius 3 is 2.40 bits per heavy atom. The minimum atomic E-state index is -0.535. The second-order valence-electron chi connectivity index (χ2n) is 2.59. The molecule has 0 aromatic rings. The molecule has 3 heteroatoms. The van der Waals surface area contributed by atoms with Gasteiger partial charge in [0, 0.05) is 6.42 Å². The molecule has 1 N–H and O–H groups in total. The van der Waals surface area contributed by atoms with Gasteiger partial charge in [-0.05, 0) is 20.9 Å². The predicted molar refractivity (Wildman–Crippen MR) is 39.5 cm³/mol. The van der Waals surface area contributed by atoms with Crippen LogP contribution >= 0.6 is 0 Å². The molecule has 0 saturated carbocycles. The summed E-state index contributed by atoms with van der Waals surface area (Å²) in [6.07, 6.45) is 0.422. The van der Waals surface area contributed by atoms with Crippen LogP contribution in [0.4, 0.5) is 0 Å². The maximum Gasteiger partial charge on any atom is 0.307 e. The van der Waals surface area contributed by atoms with Gasteiger partial charge in [-0.25, -0.2) is 0 Å². The first-order chi connectivity index (χ1) is 4.52. The highest BCUT2D eigenvalue weighted by Crippen LogP contribution is 2.04. The van der Waals surface area contributed by atoms with E-state index in [1.54, 1.807) is 27.8 Å². The van der Waals surface area contributed by atoms with E-state index < -0.39 is 5.72 Å². The zero-order chi connectivity index (χ0) is 8.20. The molecule has 0 aliphatic rings. The first-order valence-corrected chi connectivity index (χ1v) is 3.42. The number of hydrogen-bond acceptors (Lipinski definition) is 3. The number of nitrogens with one attached hydrogen (secondary N) is 1. The zero-order valence-electron chi connectivity index (χ0n) is 7.02. The molecule has 0 aliphatic heterocycles. The Bertz CT molecular complexity index is 121. The Labute approximate surface area is 61.8 Å². The highest BCUT2D eigenvalue weighted by atomic mass is 16.6. The van der Waals surface area contributed by atoms with Gasteiger partial charge in [-0.15, -0.1) is 0 Å². The van der Waals surface area contributed by atoms with Gasteiger partial charge in [0.25, 0.3) is 0 Å². The van der Waals surface area contributed by atoms with Crippen LogP contribution in [-0.2, 0) is 9.53 Å². The molecular formula is C7H15NO2. The van der Waals surface area contributed by atoms with Crippen molar-refractivity contribution in [2.45, 2.75) is 32.9 Å². The van der Waals surface area contributed by atoms with Crippen molar-refractivity contribution in [3.05, 3.63) is 0 Å². The molecule has 0 heterocycles. The van der Waals surface area contributed by atoms with Crippen LogP contribution in [0.1, 0.15) is 27.2 Å². The Balaban J connectivity index is 3.76. The van der Waals surface area contributed by atoms with Crippen LogP contribution in [0.25, 0.3) is 0 Å². The summed E-state index contributed by atoms with van der Waals surface area (Å²) in [6, 6.07) is 0. The highest BCUT2D eigenvalue weighted by Gasteiger charge is 2.18. The van der Waals surface area contributed by atoms with Crippen LogP contribution in [0.5, 0.6) is 0 Å². The standard InChI is InChI=1S/C7H15NO2/c1-5-6(9)10-7(2,3)8-4/h8H,5H2,1-4H3. The number of ether oxygens (including phenoxy) is 1. The van der Waals surface area contributed by atoms with Crippen molar-refractivity contribution in [2.75, 3.05) is 7.05 Å². The normalized spacial score (nSPS) is 11.2. The summed E-state index contributed by atoms with van der Waals surface area (Å²) in [7, 11) is 1.75. The van der Waals surface area contributed by atoms with Gasteiger partial charge in [0.15, 0.2) is 5.72 Å². The fourth-order valence-electron chi connectivity index (χ4n) is 0.408. The molecule has 0 aromatic carbocycles. The molecular weight excluding hydrogens is 130 g/mol. The van der Waals surface area contributed by atoms with Crippen molar-refractivity contribution in [1.29, 1.82) is 0 Å². The van der Waals surface area contributed by atoms with Crippen LogP contribution < -0.4 is 5.32 Å². The molecule has 60 valence electrons. The average Bonchev–Trinajstić information content (AvgIpc) is 1.87. The third-order valence-corrected chi connectivity index (χ3v) is 1.26. The van der Waals surface area contributed by atoms with E-state index in [0.717, 1.165) is 0 Å². The first kappa shape index (κ1) is 9.43. The number of carbonyl (C=O) groups is 1. The summed E-state index contributed by atoms with van der Waals surface area (Å²) in [4.78, 5) is 10.7. The van der Waals surface area contributed by atoms with Crippen LogP contribution in [0.15, 0.2) is 0 Å². The number of rotatable bonds is 3. The van der Waals surface area contributed by atoms with Gasteiger partial charge in [-0.3, -0.25) is 10.1 Å². The second-order valence-corrected chi connectivity index (χ2v) is 2.59. The lowest BCUT2D eigenvalue weighted by atomic mass is 10.3. The third kappa shape index (κ3) is 3.45. The molecule has 0 atom stereocenters. The molecule has 10 heavy (non-hydrogen) atoms. The number of esters is 1. The monoisotopic (exact) mass is 145 g/mol. The molecule has 3 nitrogen and oxygen atoms in total. The molecule has 0 saturated heterocycles. The molecule has 0 radical (unpaired) electrons. The smallest absolute Gasteiger partial charge is 0.307 e. The first-order valence-electron chi connectivity index (χ1n) is 3.42. The van der Waals surface area contributed by atoms with E-state index in [-0.39, 0.29) is 5.97 Å². The summed E-state index contributed by atoms with van der Waals surface area (Å²) in [6.45, 7) is 5.38. The van der Waals surface area contributed by atoms with Crippen molar-refractivity contribution in [1.82, 2.24) is 5.32 Å². The topological polar surface area (TPSA) is 38.3 Å². The maximum atomic E-state index is 10.7. The summed E-state index contributed by atoms with van der Waals surface area (Å²) in [5.74, 6) is -0.181. The lowest BCUT2D eigenvalue weighted by molar-refractivity contribution is -0.158. The van der Waals surface area contributed by atoms with Crippen molar-refractivity contribution in [3.8, 4) is 0 Å². The quantitative estimate of drug-likeness (QED) is 0.473. The molecule has 0 spiro atoms. The van der Waals surface area contributed by atoms with E-state index in [2.05, 4.69) is 5.32 Å². The minimum absolute atomic E-state index is 0.181. The van der Waals surface area contributed by atoms with Crippen molar-refractivity contribution in [2.24, 2.45) is 0 Å². The van der Waals surface area contributed by atoms with Crippen molar-refractivity contribution < 1.29 is 9.53 Å². The van der Waals surface area contributed by atoms with E-state index in [9.17, 15) is 4.79 Å². The van der Waals surface area contributed by atoms with Crippen molar-refractivity contribution in [3.63, 3.8) is 0 Å². The molecule has 0 amide bonds. The van der Waals surface area contributed by atoms with Gasteiger partial charge < -0.3 is 4.74 Å². The zero-order valence-corrected chi connectivity index (χ0v) is 7.02. The lowest BCUT2D eigenvalue weighted by Crippen LogP contribution is -2.40. The summed E-state index contributed by atoms with van der Waals surface area (Å²) in [5.41, 5.74) is -0.535. The largest absolute Gasteiger partial charge is 0.445 e. The average molecular weight is 145 g/mol. The van der Waals surface area contributed by atoms with Crippen LogP contribution in [0.2, 0.25) is 0 Å². The van der Waals surface area contributed by atoms with Crippen LogP contribution in [0.3, 0.4) is 0 Å². The number of hydrogen-bond donors (Lipinski definition) is 1. The Morgan fingerprint density at radius 2 is 2.10 bits per heavy atom. The SMILES string of the molecule is CCC(=O)OC(C)(C)NC. The fourth-order valence-corrected chi connectivity index (χ4v) is 0.408. The van der Waals surface area contributed by atoms with Gasteiger partial charge in [-0.1, -0.05) is 6.92 Å². The third-order valence-electron chi connectivity index (χ3n) is 1.26. The second kappa shape index (κ2) is 3.56. The summed E-state index contributed by atoms with van der Waals surface area (Å²) >= 11 is 0. The van der Waals surface area contributed by atoms with Gasteiger partial charge in [0.05, 0.1) is 0 Å². The molecule has 0 fully saturated rings. The maximum absolute atomic E-state index is 10.7. The van der Waals surface area contributed by atoms with E-state index in [0.29, 0.717) is 6.42 Å². The van der Waals surface area contributed by atoms with E-state index in [1.807, 2.05) is 0 Å². The van der Waals surface area contributed by atoms with E-state index in [4.69, 9.17) is 4.74 Å². The molecule has 0 rings (SSSR count). The molecule has 0 aromatic heterocycles. The Kier molecular flexibility index (Phi) is 3.36. The summed E-state index contributed by atoms with van der Waals surface area (Å²) in [5, 5.41) is 2.86. The van der Waals surface area contributed by atoms with Gasteiger partial charge in [0.1, 0.15) is 0 Å². The lowest BCUT2D eigenvalue weighted by Gasteiger charge is -2.23. The van der Waals surface area contributed by atoms with Crippen LogP contribution in [0, 0.1) is 0 Å². The fraction of sp³-hybridized carbons (Fsp3) is 0.857. The Hall–Kier alpha value is -0.570.